The van der Waals surface area contributed by atoms with Gasteiger partial charge in [-0.15, -0.1) is 0 Å². The van der Waals surface area contributed by atoms with Gasteiger partial charge in [-0.05, 0) is 55.3 Å². The minimum atomic E-state index is -0.685. The standard InChI is InChI=1S/C22H31N3O3/c1-2-3-8-25-12-14-9-16(10-15(14)13-25)23-11-20(27)17-4-6-19(26)22-18(17)5-7-21(28)24-22/h4-7,14-16,20,23,26-27H,2-3,8-13H2,1H3,(H,24,28)/t14?,15?,16?,20-/m0/s1. The summed E-state index contributed by atoms with van der Waals surface area (Å²) >= 11 is 0. The van der Waals surface area contributed by atoms with E-state index < -0.39 is 6.10 Å². The second-order valence-electron chi connectivity index (χ2n) is 8.51. The van der Waals surface area contributed by atoms with Gasteiger partial charge in [-0.2, -0.15) is 0 Å². The molecule has 0 radical (unpaired) electrons. The summed E-state index contributed by atoms with van der Waals surface area (Å²) in [5.74, 6) is 1.59. The molecule has 4 N–H and O–H groups in total. The number of nitrogens with zero attached hydrogens (tertiary/aromatic N) is 1. The highest BCUT2D eigenvalue weighted by Gasteiger charge is 2.40. The molecule has 1 aromatic carbocycles. The molecule has 0 amide bonds. The van der Waals surface area contributed by atoms with Crippen LogP contribution in [0.3, 0.4) is 0 Å². The summed E-state index contributed by atoms with van der Waals surface area (Å²) in [4.78, 5) is 16.8. The van der Waals surface area contributed by atoms with E-state index in [-0.39, 0.29) is 11.3 Å². The molecule has 6 nitrogen and oxygen atoms in total. The van der Waals surface area contributed by atoms with Gasteiger partial charge >= 0.3 is 0 Å². The lowest BCUT2D eigenvalue weighted by Crippen LogP contribution is -2.33. The Hall–Kier alpha value is -1.89. The largest absolute Gasteiger partial charge is 0.506 e. The minimum Gasteiger partial charge on any atom is -0.506 e. The lowest BCUT2D eigenvalue weighted by atomic mass is 10.0. The van der Waals surface area contributed by atoms with Crippen molar-refractivity contribution >= 4 is 10.9 Å². The maximum Gasteiger partial charge on any atom is 0.248 e. The van der Waals surface area contributed by atoms with Crippen LogP contribution in [0, 0.1) is 11.8 Å². The molecule has 1 saturated heterocycles. The van der Waals surface area contributed by atoms with Crippen LogP contribution in [0.1, 0.15) is 44.3 Å². The highest BCUT2D eigenvalue weighted by Crippen LogP contribution is 2.38. The summed E-state index contributed by atoms with van der Waals surface area (Å²) in [7, 11) is 0. The van der Waals surface area contributed by atoms with Crippen LogP contribution in [-0.4, -0.2) is 52.3 Å². The van der Waals surface area contributed by atoms with Gasteiger partial charge in [0.1, 0.15) is 5.75 Å². The number of phenols is 1. The fourth-order valence-corrected chi connectivity index (χ4v) is 5.07. The topological polar surface area (TPSA) is 88.6 Å². The molecule has 2 heterocycles. The Balaban J connectivity index is 1.35. The number of likely N-dealkylation sites (tertiary alicyclic amines) is 1. The number of aliphatic hydroxyl groups is 1. The van der Waals surface area contributed by atoms with Gasteiger partial charge in [0.05, 0.1) is 11.6 Å². The number of hydrogen-bond acceptors (Lipinski definition) is 5. The van der Waals surface area contributed by atoms with Gasteiger partial charge in [0.15, 0.2) is 0 Å². The van der Waals surface area contributed by atoms with E-state index in [1.807, 2.05) is 0 Å². The van der Waals surface area contributed by atoms with Crippen LogP contribution in [0.2, 0.25) is 0 Å². The molecule has 2 fully saturated rings. The summed E-state index contributed by atoms with van der Waals surface area (Å²) in [6.45, 7) is 6.40. The van der Waals surface area contributed by atoms with E-state index in [1.54, 1.807) is 12.1 Å². The van der Waals surface area contributed by atoms with Crippen molar-refractivity contribution in [1.82, 2.24) is 15.2 Å². The Morgan fingerprint density at radius 1 is 1.21 bits per heavy atom. The van der Waals surface area contributed by atoms with E-state index in [2.05, 4.69) is 22.1 Å². The summed E-state index contributed by atoms with van der Waals surface area (Å²) in [6.07, 6.45) is 4.23. The maximum atomic E-state index is 11.5. The average Bonchev–Trinajstić information content (AvgIpc) is 3.23. The zero-order valence-electron chi connectivity index (χ0n) is 16.5. The molecule has 0 spiro atoms. The number of unbranched alkanes of at least 4 members (excludes halogenated alkanes) is 1. The number of hydrogen-bond donors (Lipinski definition) is 4. The first-order valence-corrected chi connectivity index (χ1v) is 10.5. The third-order valence-corrected chi connectivity index (χ3v) is 6.52. The highest BCUT2D eigenvalue weighted by atomic mass is 16.3. The Morgan fingerprint density at radius 3 is 2.68 bits per heavy atom. The van der Waals surface area contributed by atoms with Gasteiger partial charge < -0.3 is 25.4 Å². The van der Waals surface area contributed by atoms with Crippen molar-refractivity contribution in [3.8, 4) is 5.75 Å². The Labute approximate surface area is 165 Å². The summed E-state index contributed by atoms with van der Waals surface area (Å²) in [6, 6.07) is 6.81. The monoisotopic (exact) mass is 385 g/mol. The quantitative estimate of drug-likeness (QED) is 0.588. The van der Waals surface area contributed by atoms with Crippen LogP contribution >= 0.6 is 0 Å². The molecular weight excluding hydrogens is 354 g/mol. The highest BCUT2D eigenvalue weighted by molar-refractivity contribution is 5.87. The van der Waals surface area contributed by atoms with Crippen molar-refractivity contribution in [3.05, 3.63) is 40.2 Å². The lowest BCUT2D eigenvalue weighted by molar-refractivity contribution is 0.170. The van der Waals surface area contributed by atoms with E-state index >= 15 is 0 Å². The number of aromatic amines is 1. The Bertz CT molecular complexity index is 867. The zero-order valence-corrected chi connectivity index (χ0v) is 16.5. The number of fused-ring (bicyclic) bond motifs is 2. The van der Waals surface area contributed by atoms with Crippen molar-refractivity contribution in [2.24, 2.45) is 11.8 Å². The number of aliphatic hydroxyl groups excluding tert-OH is 1. The predicted octanol–water partition coefficient (Wildman–Crippen LogP) is 2.37. The predicted molar refractivity (Wildman–Crippen MR) is 111 cm³/mol. The SMILES string of the molecule is CCCCN1CC2CC(NC[C@H](O)c3ccc(O)c4[nH]c(=O)ccc34)CC2C1. The second kappa shape index (κ2) is 8.23. The minimum absolute atomic E-state index is 0.0212. The molecule has 6 heteroatoms. The van der Waals surface area contributed by atoms with Crippen molar-refractivity contribution in [3.63, 3.8) is 0 Å². The van der Waals surface area contributed by atoms with Crippen LogP contribution in [0.5, 0.6) is 5.75 Å². The first-order chi connectivity index (χ1) is 13.5. The number of H-pyrrole nitrogens is 1. The van der Waals surface area contributed by atoms with Crippen LogP contribution in [-0.2, 0) is 0 Å². The number of nitrogens with one attached hydrogen (secondary N) is 2. The maximum absolute atomic E-state index is 11.5. The lowest BCUT2D eigenvalue weighted by Gasteiger charge is -2.21. The number of aromatic hydroxyl groups is 1. The van der Waals surface area contributed by atoms with E-state index in [0.717, 1.165) is 17.4 Å². The van der Waals surface area contributed by atoms with Gasteiger partial charge in [0.25, 0.3) is 0 Å². The number of benzene rings is 1. The Morgan fingerprint density at radius 2 is 1.96 bits per heavy atom. The van der Waals surface area contributed by atoms with Crippen LogP contribution in [0.15, 0.2) is 29.1 Å². The molecule has 1 aliphatic carbocycles. The molecule has 28 heavy (non-hydrogen) atoms. The molecule has 3 atom stereocenters. The van der Waals surface area contributed by atoms with Crippen LogP contribution < -0.4 is 10.9 Å². The molecule has 0 bridgehead atoms. The molecule has 152 valence electrons. The third kappa shape index (κ3) is 3.95. The molecule has 2 aliphatic rings. The van der Waals surface area contributed by atoms with Crippen LogP contribution in [0.25, 0.3) is 10.9 Å². The van der Waals surface area contributed by atoms with Crippen molar-refractivity contribution in [1.29, 1.82) is 0 Å². The number of rotatable bonds is 7. The zero-order chi connectivity index (χ0) is 19.7. The average molecular weight is 386 g/mol. The summed E-state index contributed by atoms with van der Waals surface area (Å²) in [5, 5.41) is 25.0. The first-order valence-electron chi connectivity index (χ1n) is 10.5. The molecule has 1 saturated carbocycles. The van der Waals surface area contributed by atoms with E-state index in [4.69, 9.17) is 0 Å². The second-order valence-corrected chi connectivity index (χ2v) is 8.51. The fourth-order valence-electron chi connectivity index (χ4n) is 5.07. The smallest absolute Gasteiger partial charge is 0.248 e. The molecule has 4 rings (SSSR count). The summed E-state index contributed by atoms with van der Waals surface area (Å²) in [5.41, 5.74) is 0.838. The Kier molecular flexibility index (Phi) is 5.71. The fraction of sp³-hybridized carbons (Fsp3) is 0.591. The first kappa shape index (κ1) is 19.4. The number of pyridine rings is 1. The molecule has 1 aliphatic heterocycles. The summed E-state index contributed by atoms with van der Waals surface area (Å²) < 4.78 is 0. The van der Waals surface area contributed by atoms with E-state index in [1.165, 1.54) is 57.5 Å². The van der Waals surface area contributed by atoms with Crippen molar-refractivity contribution in [2.45, 2.75) is 44.8 Å². The molecular formula is C22H31N3O3. The normalized spacial score (nSPS) is 26.0. The van der Waals surface area contributed by atoms with Gasteiger partial charge in [-0.1, -0.05) is 19.4 Å². The molecule has 2 unspecified atom stereocenters. The number of phenolic OH excluding ortho intramolecular Hbond substituents is 1. The van der Waals surface area contributed by atoms with Crippen LogP contribution in [0.4, 0.5) is 0 Å². The van der Waals surface area contributed by atoms with E-state index in [9.17, 15) is 15.0 Å². The van der Waals surface area contributed by atoms with Gasteiger partial charge in [-0.25, -0.2) is 0 Å². The van der Waals surface area contributed by atoms with Gasteiger partial charge in [-0.3, -0.25) is 4.79 Å². The number of aromatic nitrogens is 1. The van der Waals surface area contributed by atoms with Crippen molar-refractivity contribution in [2.75, 3.05) is 26.2 Å². The van der Waals surface area contributed by atoms with Gasteiger partial charge in [0, 0.05) is 37.1 Å². The third-order valence-electron chi connectivity index (χ3n) is 6.52. The van der Waals surface area contributed by atoms with Gasteiger partial charge in [0.2, 0.25) is 5.56 Å². The van der Waals surface area contributed by atoms with E-state index in [0.29, 0.717) is 23.5 Å². The van der Waals surface area contributed by atoms with Crippen molar-refractivity contribution < 1.29 is 10.2 Å². The molecule has 1 aromatic heterocycles. The molecule has 2 aromatic rings.